The Morgan fingerprint density at radius 2 is 1.55 bits per heavy atom. The zero-order valence-corrected chi connectivity index (χ0v) is 15.5. The van der Waals surface area contributed by atoms with Crippen molar-refractivity contribution < 1.29 is 19.4 Å². The third-order valence-corrected chi connectivity index (χ3v) is 4.94. The van der Waals surface area contributed by atoms with Gasteiger partial charge in [-0.15, -0.1) is 0 Å². The third-order valence-electron chi connectivity index (χ3n) is 4.94. The van der Waals surface area contributed by atoms with Gasteiger partial charge in [0, 0.05) is 24.7 Å². The Hall–Kier alpha value is -3.74. The van der Waals surface area contributed by atoms with Crippen LogP contribution in [0.4, 0.5) is 4.79 Å². The second-order valence-electron chi connectivity index (χ2n) is 6.73. The maximum absolute atomic E-state index is 12.3. The minimum absolute atomic E-state index is 0.0274. The van der Waals surface area contributed by atoms with Gasteiger partial charge in [-0.05, 0) is 28.3 Å². The van der Waals surface area contributed by atoms with Crippen LogP contribution in [-0.4, -0.2) is 39.8 Å². The summed E-state index contributed by atoms with van der Waals surface area (Å²) in [6.07, 6.45) is 2.24. The van der Waals surface area contributed by atoms with Crippen molar-refractivity contribution in [2.75, 3.05) is 6.61 Å². The number of carboxylic acids is 1. The fourth-order valence-corrected chi connectivity index (χ4v) is 3.60. The van der Waals surface area contributed by atoms with E-state index in [0.29, 0.717) is 5.82 Å². The molecule has 1 aromatic heterocycles. The molecule has 146 valence electrons. The average molecular weight is 389 g/mol. The minimum Gasteiger partial charge on any atom is -0.480 e. The zero-order chi connectivity index (χ0) is 20.2. The number of alkyl carbamates (subject to hydrolysis) is 1. The van der Waals surface area contributed by atoms with Crippen LogP contribution in [0.15, 0.2) is 67.0 Å². The number of hydrogen-bond donors (Lipinski definition) is 2. The van der Waals surface area contributed by atoms with Crippen molar-refractivity contribution in [3.63, 3.8) is 0 Å². The first-order valence-electron chi connectivity index (χ1n) is 9.23. The van der Waals surface area contributed by atoms with Gasteiger partial charge in [0.25, 0.3) is 0 Å². The summed E-state index contributed by atoms with van der Waals surface area (Å²) in [6.45, 7) is 0.119. The molecule has 0 saturated heterocycles. The first kappa shape index (κ1) is 18.6. The van der Waals surface area contributed by atoms with Crippen molar-refractivity contribution in [3.05, 3.63) is 83.9 Å². The van der Waals surface area contributed by atoms with E-state index in [1.54, 1.807) is 6.07 Å². The summed E-state index contributed by atoms with van der Waals surface area (Å²) in [5.74, 6) is -0.932. The van der Waals surface area contributed by atoms with Gasteiger partial charge in [-0.1, -0.05) is 48.5 Å². The Morgan fingerprint density at radius 1 is 0.966 bits per heavy atom. The number of nitrogens with one attached hydrogen (secondary N) is 1. The van der Waals surface area contributed by atoms with Crippen LogP contribution in [0.25, 0.3) is 11.1 Å². The Bertz CT molecular complexity index is 993. The first-order valence-corrected chi connectivity index (χ1v) is 9.23. The number of amides is 1. The lowest BCUT2D eigenvalue weighted by atomic mass is 9.98. The summed E-state index contributed by atoms with van der Waals surface area (Å²) in [4.78, 5) is 31.8. The number of carbonyl (C=O) groups excluding carboxylic acids is 1. The molecule has 2 N–H and O–H groups in total. The van der Waals surface area contributed by atoms with E-state index in [4.69, 9.17) is 4.74 Å². The van der Waals surface area contributed by atoms with Crippen molar-refractivity contribution in [2.24, 2.45) is 0 Å². The first-order chi connectivity index (χ1) is 14.1. The Morgan fingerprint density at radius 3 is 2.14 bits per heavy atom. The predicted octanol–water partition coefficient (Wildman–Crippen LogP) is 3.01. The van der Waals surface area contributed by atoms with Crippen LogP contribution in [0.2, 0.25) is 0 Å². The number of aromatic nitrogens is 2. The largest absolute Gasteiger partial charge is 0.480 e. The molecule has 0 bridgehead atoms. The molecule has 0 spiro atoms. The number of rotatable bonds is 6. The Balaban J connectivity index is 1.43. The summed E-state index contributed by atoms with van der Waals surface area (Å²) in [5.41, 5.74) is 4.44. The number of ether oxygens (including phenoxy) is 1. The quantitative estimate of drug-likeness (QED) is 0.672. The Kier molecular flexibility index (Phi) is 5.20. The van der Waals surface area contributed by atoms with Crippen LogP contribution >= 0.6 is 0 Å². The monoisotopic (exact) mass is 389 g/mol. The molecule has 0 fully saturated rings. The molecule has 1 amide bonds. The van der Waals surface area contributed by atoms with E-state index in [1.807, 2.05) is 36.4 Å². The number of hydrogen-bond acceptors (Lipinski definition) is 5. The van der Waals surface area contributed by atoms with Crippen LogP contribution in [-0.2, 0) is 16.0 Å². The average Bonchev–Trinajstić information content (AvgIpc) is 3.06. The van der Waals surface area contributed by atoms with Crippen molar-refractivity contribution >= 4 is 12.1 Å². The summed E-state index contributed by atoms with van der Waals surface area (Å²) in [7, 11) is 0. The van der Waals surface area contributed by atoms with E-state index in [9.17, 15) is 14.7 Å². The van der Waals surface area contributed by atoms with E-state index in [0.717, 1.165) is 22.3 Å². The van der Waals surface area contributed by atoms with Crippen LogP contribution in [0.1, 0.15) is 22.9 Å². The van der Waals surface area contributed by atoms with Gasteiger partial charge in [0.2, 0.25) is 0 Å². The smallest absolute Gasteiger partial charge is 0.407 e. The van der Waals surface area contributed by atoms with Crippen LogP contribution in [0.3, 0.4) is 0 Å². The highest BCUT2D eigenvalue weighted by Gasteiger charge is 2.29. The van der Waals surface area contributed by atoms with Gasteiger partial charge in [0.15, 0.2) is 0 Å². The predicted molar refractivity (Wildman–Crippen MR) is 105 cm³/mol. The number of nitrogens with zero attached hydrogens (tertiary/aromatic N) is 2. The lowest BCUT2D eigenvalue weighted by molar-refractivity contribution is -0.139. The molecular weight excluding hydrogens is 370 g/mol. The van der Waals surface area contributed by atoms with Gasteiger partial charge in [-0.3, -0.25) is 0 Å². The lowest BCUT2D eigenvalue weighted by Crippen LogP contribution is -2.43. The maximum atomic E-state index is 12.3. The standard InChI is InChI=1S/C22H19N3O4/c26-21(27)19(12-20-23-10-5-11-24-20)25-22(28)29-13-18-16-8-3-1-6-14(16)15-7-2-4-9-17(15)18/h1-11,18-19H,12-13H2,(H,25,28)(H,26,27). The van der Waals surface area contributed by atoms with Gasteiger partial charge in [-0.25, -0.2) is 19.6 Å². The molecule has 1 aliphatic rings. The molecule has 1 aliphatic carbocycles. The molecule has 1 unspecified atom stereocenters. The van der Waals surface area contributed by atoms with E-state index >= 15 is 0 Å². The van der Waals surface area contributed by atoms with Crippen molar-refractivity contribution in [3.8, 4) is 11.1 Å². The molecule has 0 radical (unpaired) electrons. The van der Waals surface area contributed by atoms with Gasteiger partial charge in [0.05, 0.1) is 0 Å². The SMILES string of the molecule is O=C(NC(Cc1ncccn1)C(=O)O)OCC1c2ccccc2-c2ccccc21. The van der Waals surface area contributed by atoms with Gasteiger partial charge >= 0.3 is 12.1 Å². The van der Waals surface area contributed by atoms with Crippen molar-refractivity contribution in [2.45, 2.75) is 18.4 Å². The second kappa shape index (κ2) is 8.10. The van der Waals surface area contributed by atoms with Crippen LogP contribution in [0, 0.1) is 0 Å². The molecule has 29 heavy (non-hydrogen) atoms. The fourth-order valence-electron chi connectivity index (χ4n) is 3.60. The molecule has 4 rings (SSSR count). The van der Waals surface area contributed by atoms with E-state index in [1.165, 1.54) is 12.4 Å². The highest BCUT2D eigenvalue weighted by molar-refractivity contribution is 5.81. The van der Waals surface area contributed by atoms with Gasteiger partial charge in [-0.2, -0.15) is 0 Å². The Labute approximate surface area is 167 Å². The van der Waals surface area contributed by atoms with E-state index in [2.05, 4.69) is 27.4 Å². The minimum atomic E-state index is -1.18. The molecule has 0 aliphatic heterocycles. The fraction of sp³-hybridized carbons (Fsp3) is 0.182. The topological polar surface area (TPSA) is 101 Å². The van der Waals surface area contributed by atoms with E-state index < -0.39 is 18.1 Å². The van der Waals surface area contributed by atoms with Crippen LogP contribution < -0.4 is 5.32 Å². The summed E-state index contributed by atoms with van der Waals surface area (Å²) < 4.78 is 5.40. The molecule has 7 nitrogen and oxygen atoms in total. The summed E-state index contributed by atoms with van der Waals surface area (Å²) in [6, 6.07) is 16.5. The number of fused-ring (bicyclic) bond motifs is 3. The molecule has 2 aromatic carbocycles. The second-order valence-corrected chi connectivity index (χ2v) is 6.73. The number of carboxylic acid groups (broad SMARTS) is 1. The van der Waals surface area contributed by atoms with E-state index in [-0.39, 0.29) is 18.9 Å². The molecule has 1 heterocycles. The lowest BCUT2D eigenvalue weighted by Gasteiger charge is -2.17. The van der Waals surface area contributed by atoms with Gasteiger partial charge < -0.3 is 15.2 Å². The molecular formula is C22H19N3O4. The zero-order valence-electron chi connectivity index (χ0n) is 15.5. The highest BCUT2D eigenvalue weighted by Crippen LogP contribution is 2.44. The van der Waals surface area contributed by atoms with Gasteiger partial charge in [0.1, 0.15) is 18.5 Å². The van der Waals surface area contributed by atoms with Crippen LogP contribution in [0.5, 0.6) is 0 Å². The highest BCUT2D eigenvalue weighted by atomic mass is 16.5. The number of aliphatic carboxylic acids is 1. The molecule has 0 saturated carbocycles. The summed E-state index contributed by atoms with van der Waals surface area (Å²) >= 11 is 0. The van der Waals surface area contributed by atoms with Crippen molar-refractivity contribution in [1.82, 2.24) is 15.3 Å². The normalized spacial score (nSPS) is 13.2. The number of carbonyl (C=O) groups is 2. The maximum Gasteiger partial charge on any atom is 0.407 e. The van der Waals surface area contributed by atoms with Crippen molar-refractivity contribution in [1.29, 1.82) is 0 Å². The summed E-state index contributed by atoms with van der Waals surface area (Å²) in [5, 5.41) is 11.8. The number of benzene rings is 2. The molecule has 1 atom stereocenters. The molecule has 3 aromatic rings. The third kappa shape index (κ3) is 3.94. The molecule has 7 heteroatoms.